The zero-order valence-electron chi connectivity index (χ0n) is 14.5. The molecule has 1 N–H and O–H groups in total. The summed E-state index contributed by atoms with van der Waals surface area (Å²) in [5.74, 6) is -2.43. The summed E-state index contributed by atoms with van der Waals surface area (Å²) >= 11 is 0. The molecule has 0 fully saturated rings. The fraction of sp³-hybridized carbons (Fsp3) is 0.0476. The van der Waals surface area contributed by atoms with Gasteiger partial charge in [0, 0.05) is 6.07 Å². The molecule has 0 aromatic heterocycles. The highest BCUT2D eigenvalue weighted by molar-refractivity contribution is 5.96. The number of esters is 1. The first kappa shape index (κ1) is 19.0. The summed E-state index contributed by atoms with van der Waals surface area (Å²) in [4.78, 5) is 24.2. The van der Waals surface area contributed by atoms with E-state index in [4.69, 9.17) is 9.47 Å². The minimum Gasteiger partial charge on any atom is -0.456 e. The molecule has 0 radical (unpaired) electrons. The Morgan fingerprint density at radius 1 is 0.893 bits per heavy atom. The van der Waals surface area contributed by atoms with Crippen LogP contribution in [0.4, 0.5) is 14.5 Å². The van der Waals surface area contributed by atoms with E-state index in [1.807, 2.05) is 6.07 Å². The molecule has 1 amide bonds. The zero-order valence-corrected chi connectivity index (χ0v) is 14.5. The third kappa shape index (κ3) is 4.91. The molecular weight excluding hydrogens is 368 g/mol. The molecule has 28 heavy (non-hydrogen) atoms. The number of hydrogen-bond acceptors (Lipinski definition) is 4. The van der Waals surface area contributed by atoms with Gasteiger partial charge < -0.3 is 14.8 Å². The Morgan fingerprint density at radius 2 is 1.61 bits per heavy atom. The molecule has 0 saturated carbocycles. The topological polar surface area (TPSA) is 64.6 Å². The fourth-order valence-corrected chi connectivity index (χ4v) is 2.33. The monoisotopic (exact) mass is 383 g/mol. The molecule has 5 nitrogen and oxygen atoms in total. The summed E-state index contributed by atoms with van der Waals surface area (Å²) < 4.78 is 37.1. The molecule has 0 aliphatic carbocycles. The molecule has 0 aliphatic heterocycles. The number of hydrogen-bond donors (Lipinski definition) is 1. The highest BCUT2D eigenvalue weighted by atomic mass is 19.1. The summed E-state index contributed by atoms with van der Waals surface area (Å²) in [7, 11) is 0. The number of nitrogens with one attached hydrogen (secondary N) is 1. The molecule has 0 saturated heterocycles. The van der Waals surface area contributed by atoms with E-state index in [-0.39, 0.29) is 17.0 Å². The number of benzene rings is 3. The van der Waals surface area contributed by atoms with E-state index in [1.54, 1.807) is 42.5 Å². The maximum Gasteiger partial charge on any atom is 0.342 e. The van der Waals surface area contributed by atoms with E-state index < -0.39 is 30.1 Å². The summed E-state index contributed by atoms with van der Waals surface area (Å²) in [6.45, 7) is -0.644. The van der Waals surface area contributed by atoms with Crippen LogP contribution in [-0.2, 0) is 9.53 Å². The molecule has 0 atom stereocenters. The molecule has 0 unspecified atom stereocenters. The summed E-state index contributed by atoms with van der Waals surface area (Å²) in [5, 5.41) is 2.21. The maximum atomic E-state index is 13.6. The lowest BCUT2D eigenvalue weighted by molar-refractivity contribution is -0.119. The second kappa shape index (κ2) is 8.77. The van der Waals surface area contributed by atoms with Crippen LogP contribution in [0.15, 0.2) is 72.8 Å². The number of para-hydroxylation sites is 2. The van der Waals surface area contributed by atoms with E-state index in [2.05, 4.69) is 5.32 Å². The van der Waals surface area contributed by atoms with Gasteiger partial charge in [-0.2, -0.15) is 0 Å². The van der Waals surface area contributed by atoms with Crippen molar-refractivity contribution in [1.82, 2.24) is 0 Å². The van der Waals surface area contributed by atoms with Gasteiger partial charge in [-0.1, -0.05) is 30.3 Å². The second-order valence-electron chi connectivity index (χ2n) is 5.66. The van der Waals surface area contributed by atoms with Crippen molar-refractivity contribution < 1.29 is 27.8 Å². The third-order valence-electron chi connectivity index (χ3n) is 3.62. The van der Waals surface area contributed by atoms with Crippen LogP contribution in [0.5, 0.6) is 11.5 Å². The normalized spacial score (nSPS) is 10.2. The van der Waals surface area contributed by atoms with Gasteiger partial charge in [0.15, 0.2) is 6.61 Å². The second-order valence-corrected chi connectivity index (χ2v) is 5.66. The lowest BCUT2D eigenvalue weighted by atomic mass is 10.2. The Morgan fingerprint density at radius 3 is 2.36 bits per heavy atom. The number of rotatable bonds is 6. The van der Waals surface area contributed by atoms with E-state index in [1.165, 1.54) is 6.07 Å². The zero-order chi connectivity index (χ0) is 19.9. The maximum absolute atomic E-state index is 13.6. The van der Waals surface area contributed by atoms with Gasteiger partial charge in [-0.05, 0) is 36.4 Å². The van der Waals surface area contributed by atoms with Crippen molar-refractivity contribution in [1.29, 1.82) is 0 Å². The molecular formula is C21H15F2NO4. The van der Waals surface area contributed by atoms with Crippen LogP contribution in [0.1, 0.15) is 10.4 Å². The number of halogens is 2. The Labute approximate surface area is 159 Å². The number of ether oxygens (including phenoxy) is 2. The average molecular weight is 383 g/mol. The van der Waals surface area contributed by atoms with E-state index in [0.29, 0.717) is 11.8 Å². The molecule has 142 valence electrons. The smallest absolute Gasteiger partial charge is 0.342 e. The number of carbonyl (C=O) groups is 2. The molecule has 3 aromatic carbocycles. The van der Waals surface area contributed by atoms with Crippen LogP contribution in [-0.4, -0.2) is 18.5 Å². The highest BCUT2D eigenvalue weighted by Crippen LogP contribution is 2.25. The minimum absolute atomic E-state index is 0.132. The first-order chi connectivity index (χ1) is 13.5. The standard InChI is InChI=1S/C21H15F2NO4/c22-14-10-11-18(17(23)12-14)24-20(25)13-27-21(26)16-8-4-5-9-19(16)28-15-6-2-1-3-7-15/h1-12H,13H2,(H,24,25). The predicted octanol–water partition coefficient (Wildman–Crippen LogP) is 4.55. The largest absolute Gasteiger partial charge is 0.456 e. The molecule has 0 bridgehead atoms. The lowest BCUT2D eigenvalue weighted by Gasteiger charge is -2.11. The summed E-state index contributed by atoms with van der Waals surface area (Å²) in [6, 6.07) is 18.0. The van der Waals surface area contributed by atoms with Crippen molar-refractivity contribution >= 4 is 17.6 Å². The van der Waals surface area contributed by atoms with Gasteiger partial charge in [-0.3, -0.25) is 4.79 Å². The van der Waals surface area contributed by atoms with Crippen LogP contribution >= 0.6 is 0 Å². The van der Waals surface area contributed by atoms with Crippen molar-refractivity contribution in [3.05, 3.63) is 90.0 Å². The molecule has 0 aliphatic rings. The first-order valence-electron chi connectivity index (χ1n) is 8.27. The van der Waals surface area contributed by atoms with Gasteiger partial charge in [0.2, 0.25) is 0 Å². The van der Waals surface area contributed by atoms with E-state index in [0.717, 1.165) is 12.1 Å². The van der Waals surface area contributed by atoms with Crippen molar-refractivity contribution in [2.45, 2.75) is 0 Å². The Hall–Kier alpha value is -3.74. The number of carbonyl (C=O) groups excluding carboxylic acids is 2. The Bertz CT molecular complexity index is 993. The third-order valence-corrected chi connectivity index (χ3v) is 3.62. The lowest BCUT2D eigenvalue weighted by Crippen LogP contribution is -2.21. The highest BCUT2D eigenvalue weighted by Gasteiger charge is 2.16. The van der Waals surface area contributed by atoms with Crippen LogP contribution in [0, 0.1) is 11.6 Å². The van der Waals surface area contributed by atoms with Crippen LogP contribution < -0.4 is 10.1 Å². The van der Waals surface area contributed by atoms with Gasteiger partial charge >= 0.3 is 5.97 Å². The Kier molecular flexibility index (Phi) is 5.96. The van der Waals surface area contributed by atoms with Crippen LogP contribution in [0.25, 0.3) is 0 Å². The Balaban J connectivity index is 1.62. The van der Waals surface area contributed by atoms with Crippen LogP contribution in [0.3, 0.4) is 0 Å². The van der Waals surface area contributed by atoms with E-state index in [9.17, 15) is 18.4 Å². The van der Waals surface area contributed by atoms with Gasteiger partial charge in [0.1, 0.15) is 28.7 Å². The minimum atomic E-state index is -0.929. The molecule has 0 heterocycles. The number of amides is 1. The van der Waals surface area contributed by atoms with Gasteiger partial charge in [0.25, 0.3) is 5.91 Å². The summed E-state index contributed by atoms with van der Waals surface area (Å²) in [6.07, 6.45) is 0. The van der Waals surface area contributed by atoms with Gasteiger partial charge in [-0.15, -0.1) is 0 Å². The van der Waals surface area contributed by atoms with Gasteiger partial charge in [0.05, 0.1) is 5.69 Å². The summed E-state index contributed by atoms with van der Waals surface area (Å²) in [5.41, 5.74) is -0.0811. The molecule has 3 aromatic rings. The van der Waals surface area contributed by atoms with Crippen molar-refractivity contribution in [3.63, 3.8) is 0 Å². The first-order valence-corrected chi connectivity index (χ1v) is 8.27. The van der Waals surface area contributed by atoms with Crippen molar-refractivity contribution in [2.75, 3.05) is 11.9 Å². The molecule has 7 heteroatoms. The average Bonchev–Trinajstić information content (AvgIpc) is 2.69. The van der Waals surface area contributed by atoms with Gasteiger partial charge in [-0.25, -0.2) is 13.6 Å². The van der Waals surface area contributed by atoms with Crippen molar-refractivity contribution in [2.24, 2.45) is 0 Å². The quantitative estimate of drug-likeness (QED) is 0.634. The van der Waals surface area contributed by atoms with E-state index >= 15 is 0 Å². The van der Waals surface area contributed by atoms with Crippen molar-refractivity contribution in [3.8, 4) is 11.5 Å². The molecule has 3 rings (SSSR count). The number of anilines is 1. The SMILES string of the molecule is O=C(COC(=O)c1ccccc1Oc1ccccc1)Nc1ccc(F)cc1F. The van der Waals surface area contributed by atoms with Crippen LogP contribution in [0.2, 0.25) is 0 Å². The fourth-order valence-electron chi connectivity index (χ4n) is 2.33. The predicted molar refractivity (Wildman–Crippen MR) is 98.2 cm³/mol. The molecule has 0 spiro atoms.